The third-order valence-corrected chi connectivity index (χ3v) is 2.63. The summed E-state index contributed by atoms with van der Waals surface area (Å²) in [5, 5.41) is 28.0. The van der Waals surface area contributed by atoms with Gasteiger partial charge in [-0.05, 0) is 24.3 Å². The maximum absolute atomic E-state index is 13.3. The Morgan fingerprint density at radius 2 is 1.75 bits per heavy atom. The molecule has 0 heterocycles. The largest absolute Gasteiger partial charge is 0.504 e. The number of aromatic hydroxyl groups is 3. The Morgan fingerprint density at radius 3 is 2.45 bits per heavy atom. The van der Waals surface area contributed by atoms with Crippen LogP contribution < -0.4 is 4.74 Å². The summed E-state index contributed by atoms with van der Waals surface area (Å²) in [6.07, 6.45) is 0. The van der Waals surface area contributed by atoms with Crippen LogP contribution in [0.4, 0.5) is 4.39 Å². The minimum atomic E-state index is -0.790. The minimum Gasteiger partial charge on any atom is -0.504 e. The summed E-state index contributed by atoms with van der Waals surface area (Å²) in [6, 6.07) is 7.77. The van der Waals surface area contributed by atoms with Crippen LogP contribution in [0.25, 0.3) is 0 Å². The molecule has 0 saturated heterocycles. The first-order valence-electron chi connectivity index (χ1n) is 5.65. The number of Topliss-reactive ketones (excluding diaryl/α,β-unsaturated/α-hetero) is 1. The van der Waals surface area contributed by atoms with Crippen LogP contribution in [0.1, 0.15) is 10.4 Å². The van der Waals surface area contributed by atoms with E-state index in [0.29, 0.717) is 0 Å². The molecular formula is C14H11FO5. The third kappa shape index (κ3) is 2.64. The molecule has 0 aliphatic carbocycles. The van der Waals surface area contributed by atoms with Crippen molar-refractivity contribution in [2.75, 3.05) is 6.61 Å². The van der Waals surface area contributed by atoms with E-state index in [4.69, 9.17) is 9.84 Å². The number of ether oxygens (including phenoxy) is 1. The van der Waals surface area contributed by atoms with Crippen molar-refractivity contribution in [2.24, 2.45) is 0 Å². The van der Waals surface area contributed by atoms with Crippen LogP contribution in [-0.4, -0.2) is 27.7 Å². The van der Waals surface area contributed by atoms with E-state index in [0.717, 1.165) is 12.1 Å². The highest BCUT2D eigenvalue weighted by molar-refractivity contribution is 6.00. The summed E-state index contributed by atoms with van der Waals surface area (Å²) in [7, 11) is 0. The summed E-state index contributed by atoms with van der Waals surface area (Å²) in [6.45, 7) is -0.515. The van der Waals surface area contributed by atoms with Crippen LogP contribution in [0.3, 0.4) is 0 Å². The van der Waals surface area contributed by atoms with E-state index in [-0.39, 0.29) is 11.3 Å². The number of halogens is 1. The van der Waals surface area contributed by atoms with E-state index < -0.39 is 35.5 Å². The average molecular weight is 278 g/mol. The van der Waals surface area contributed by atoms with Gasteiger partial charge in [-0.25, -0.2) is 4.39 Å². The zero-order valence-corrected chi connectivity index (χ0v) is 10.2. The van der Waals surface area contributed by atoms with E-state index in [2.05, 4.69) is 0 Å². The van der Waals surface area contributed by atoms with Gasteiger partial charge in [0.15, 0.2) is 29.7 Å². The van der Waals surface area contributed by atoms with Crippen molar-refractivity contribution in [1.29, 1.82) is 0 Å². The van der Waals surface area contributed by atoms with Gasteiger partial charge in [0.05, 0.1) is 5.56 Å². The molecular weight excluding hydrogens is 267 g/mol. The maximum Gasteiger partial charge on any atom is 0.204 e. The smallest absolute Gasteiger partial charge is 0.204 e. The van der Waals surface area contributed by atoms with Crippen molar-refractivity contribution < 1.29 is 29.2 Å². The molecule has 0 amide bonds. The van der Waals surface area contributed by atoms with E-state index in [1.54, 1.807) is 6.07 Å². The van der Waals surface area contributed by atoms with Crippen LogP contribution in [0.5, 0.6) is 23.0 Å². The van der Waals surface area contributed by atoms with Gasteiger partial charge in [-0.3, -0.25) is 4.79 Å². The number of carbonyl (C=O) groups excluding carboxylic acids is 1. The highest BCUT2D eigenvalue weighted by Crippen LogP contribution is 2.37. The van der Waals surface area contributed by atoms with Gasteiger partial charge in [0.2, 0.25) is 11.5 Å². The molecule has 6 heteroatoms. The molecule has 0 radical (unpaired) electrons. The van der Waals surface area contributed by atoms with Crippen molar-refractivity contribution >= 4 is 5.78 Å². The summed E-state index contributed by atoms with van der Waals surface area (Å²) >= 11 is 0. The molecule has 5 nitrogen and oxygen atoms in total. The first-order valence-corrected chi connectivity index (χ1v) is 5.65. The van der Waals surface area contributed by atoms with Gasteiger partial charge in [0.25, 0.3) is 0 Å². The quantitative estimate of drug-likeness (QED) is 0.589. The fraction of sp³-hybridized carbons (Fsp3) is 0.0714. The molecule has 0 aliphatic heterocycles. The standard InChI is InChI=1S/C14H11FO5/c15-9-3-1-2-4-12(9)20-7-11(17)8-5-6-10(16)14(19)13(8)18/h1-6,16,18-19H,7H2. The summed E-state index contributed by atoms with van der Waals surface area (Å²) in [5.41, 5.74) is -0.225. The van der Waals surface area contributed by atoms with E-state index in [1.807, 2.05) is 0 Å². The number of ketones is 1. The molecule has 0 spiro atoms. The minimum absolute atomic E-state index is 0.0941. The van der Waals surface area contributed by atoms with Crippen molar-refractivity contribution in [3.63, 3.8) is 0 Å². The molecule has 3 N–H and O–H groups in total. The lowest BCUT2D eigenvalue weighted by atomic mass is 10.1. The van der Waals surface area contributed by atoms with Gasteiger partial charge < -0.3 is 20.1 Å². The molecule has 2 rings (SSSR count). The summed E-state index contributed by atoms with van der Waals surface area (Å²) < 4.78 is 18.3. The third-order valence-electron chi connectivity index (χ3n) is 2.63. The van der Waals surface area contributed by atoms with Crippen molar-refractivity contribution in [3.8, 4) is 23.0 Å². The lowest BCUT2D eigenvalue weighted by Gasteiger charge is -2.08. The number of phenolic OH excluding ortho intramolecular Hbond substituents is 3. The molecule has 0 atom stereocenters. The number of phenols is 3. The Kier molecular flexibility index (Phi) is 3.74. The fourth-order valence-electron chi connectivity index (χ4n) is 1.58. The second-order valence-corrected chi connectivity index (χ2v) is 3.97. The predicted octanol–water partition coefficient (Wildman–Crippen LogP) is 2.20. The van der Waals surface area contributed by atoms with Gasteiger partial charge in [-0.15, -0.1) is 0 Å². The van der Waals surface area contributed by atoms with Crippen LogP contribution >= 0.6 is 0 Å². The highest BCUT2D eigenvalue weighted by Gasteiger charge is 2.18. The number of para-hydroxylation sites is 1. The molecule has 0 saturated carbocycles. The summed E-state index contributed by atoms with van der Waals surface area (Å²) in [4.78, 5) is 11.8. The van der Waals surface area contributed by atoms with Crippen molar-refractivity contribution in [1.82, 2.24) is 0 Å². The highest BCUT2D eigenvalue weighted by atomic mass is 19.1. The Morgan fingerprint density at radius 1 is 1.05 bits per heavy atom. The normalized spacial score (nSPS) is 10.2. The van der Waals surface area contributed by atoms with Gasteiger partial charge in [0, 0.05) is 0 Å². The monoisotopic (exact) mass is 278 g/mol. The molecule has 0 aliphatic rings. The average Bonchev–Trinajstić information content (AvgIpc) is 2.44. The molecule has 0 fully saturated rings. The first-order chi connectivity index (χ1) is 9.50. The van der Waals surface area contributed by atoms with Gasteiger partial charge in [-0.1, -0.05) is 12.1 Å². The molecule has 0 aromatic heterocycles. The Balaban J connectivity index is 2.14. The number of benzene rings is 2. The van der Waals surface area contributed by atoms with Crippen LogP contribution in [0.15, 0.2) is 36.4 Å². The zero-order valence-electron chi connectivity index (χ0n) is 10.2. The van der Waals surface area contributed by atoms with E-state index >= 15 is 0 Å². The molecule has 0 unspecified atom stereocenters. The van der Waals surface area contributed by atoms with Crippen LogP contribution in [0.2, 0.25) is 0 Å². The second kappa shape index (κ2) is 5.48. The summed E-state index contributed by atoms with van der Waals surface area (Å²) in [5.74, 6) is -3.45. The van der Waals surface area contributed by atoms with Gasteiger partial charge in [-0.2, -0.15) is 0 Å². The van der Waals surface area contributed by atoms with Crippen molar-refractivity contribution in [2.45, 2.75) is 0 Å². The van der Waals surface area contributed by atoms with Crippen LogP contribution in [0, 0.1) is 5.82 Å². The Labute approximate surface area is 113 Å². The predicted molar refractivity (Wildman–Crippen MR) is 67.7 cm³/mol. The molecule has 2 aromatic carbocycles. The molecule has 104 valence electrons. The Hall–Kier alpha value is -2.76. The maximum atomic E-state index is 13.3. The SMILES string of the molecule is O=C(COc1ccccc1F)c1ccc(O)c(O)c1O. The van der Waals surface area contributed by atoms with E-state index in [1.165, 1.54) is 18.2 Å². The fourth-order valence-corrected chi connectivity index (χ4v) is 1.58. The van der Waals surface area contributed by atoms with Gasteiger partial charge >= 0.3 is 0 Å². The molecule has 0 bridgehead atoms. The Bertz CT molecular complexity index is 654. The van der Waals surface area contributed by atoms with Crippen molar-refractivity contribution in [3.05, 3.63) is 47.8 Å². The topological polar surface area (TPSA) is 87.0 Å². The first kappa shape index (κ1) is 13.7. The van der Waals surface area contributed by atoms with Gasteiger partial charge in [0.1, 0.15) is 0 Å². The molecule has 20 heavy (non-hydrogen) atoms. The number of hydrogen-bond donors (Lipinski definition) is 3. The van der Waals surface area contributed by atoms with E-state index in [9.17, 15) is 19.4 Å². The zero-order chi connectivity index (χ0) is 14.7. The number of rotatable bonds is 4. The lowest BCUT2D eigenvalue weighted by Crippen LogP contribution is -2.12. The molecule has 2 aromatic rings. The number of hydrogen-bond acceptors (Lipinski definition) is 5. The van der Waals surface area contributed by atoms with Crippen LogP contribution in [-0.2, 0) is 0 Å². The lowest BCUT2D eigenvalue weighted by molar-refractivity contribution is 0.0915. The second-order valence-electron chi connectivity index (χ2n) is 3.97. The number of carbonyl (C=O) groups is 1.